The number of nitrogens with one attached hydrogen (secondary N) is 1. The van der Waals surface area contributed by atoms with Gasteiger partial charge in [-0.1, -0.05) is 6.07 Å². The summed E-state index contributed by atoms with van der Waals surface area (Å²) >= 11 is 0. The molecular formula is C18H17F3N2O3. The van der Waals surface area contributed by atoms with Gasteiger partial charge < -0.3 is 14.6 Å². The summed E-state index contributed by atoms with van der Waals surface area (Å²) in [6, 6.07) is 5.95. The standard InChI is InChI=1S/C18H17F3N2O3/c1-11-6-7-12(10-13(11)18(19,20)21)22-16(24)14-4-2-8-23(14)17(25)15-5-3-9-26-15/h3,5-7,9-10,14H,2,4,8H2,1H3,(H,22,24)/t14-/m1/s1. The molecule has 0 spiro atoms. The van der Waals surface area contributed by atoms with Crippen molar-refractivity contribution in [1.82, 2.24) is 4.90 Å². The normalized spacial score (nSPS) is 17.4. The van der Waals surface area contributed by atoms with Crippen LogP contribution in [0.4, 0.5) is 18.9 Å². The quantitative estimate of drug-likeness (QED) is 0.898. The van der Waals surface area contributed by atoms with Gasteiger partial charge >= 0.3 is 6.18 Å². The number of furan rings is 1. The number of halogens is 3. The fourth-order valence-electron chi connectivity index (χ4n) is 3.05. The van der Waals surface area contributed by atoms with Crippen molar-refractivity contribution in [2.45, 2.75) is 32.0 Å². The maximum absolute atomic E-state index is 13.0. The van der Waals surface area contributed by atoms with Gasteiger partial charge in [-0.25, -0.2) is 0 Å². The molecule has 2 amide bonds. The maximum atomic E-state index is 13.0. The highest BCUT2D eigenvalue weighted by atomic mass is 19.4. The van der Waals surface area contributed by atoms with Gasteiger partial charge in [0.1, 0.15) is 6.04 Å². The third kappa shape index (κ3) is 3.58. The lowest BCUT2D eigenvalue weighted by atomic mass is 10.1. The number of hydrogen-bond acceptors (Lipinski definition) is 3. The van der Waals surface area contributed by atoms with E-state index in [0.717, 1.165) is 6.07 Å². The van der Waals surface area contributed by atoms with Gasteiger partial charge in [-0.05, 0) is 49.6 Å². The monoisotopic (exact) mass is 366 g/mol. The van der Waals surface area contributed by atoms with Gasteiger partial charge in [-0.3, -0.25) is 9.59 Å². The Morgan fingerprint density at radius 1 is 1.27 bits per heavy atom. The zero-order chi connectivity index (χ0) is 18.9. The van der Waals surface area contributed by atoms with Crippen molar-refractivity contribution < 1.29 is 27.2 Å². The predicted octanol–water partition coefficient (Wildman–Crippen LogP) is 3.85. The molecule has 2 heterocycles. The van der Waals surface area contributed by atoms with E-state index in [1.165, 1.54) is 36.3 Å². The average molecular weight is 366 g/mol. The van der Waals surface area contributed by atoms with E-state index in [-0.39, 0.29) is 17.0 Å². The second-order valence-electron chi connectivity index (χ2n) is 6.15. The first kappa shape index (κ1) is 18.0. The van der Waals surface area contributed by atoms with E-state index in [2.05, 4.69) is 5.32 Å². The fraction of sp³-hybridized carbons (Fsp3) is 0.333. The van der Waals surface area contributed by atoms with Crippen LogP contribution in [-0.4, -0.2) is 29.3 Å². The molecule has 0 saturated carbocycles. The Kier molecular flexibility index (Phi) is 4.76. The molecule has 0 bridgehead atoms. The molecular weight excluding hydrogens is 349 g/mol. The van der Waals surface area contributed by atoms with Gasteiger partial charge in [-0.15, -0.1) is 0 Å². The van der Waals surface area contributed by atoms with E-state index in [9.17, 15) is 22.8 Å². The van der Waals surface area contributed by atoms with Crippen LogP contribution in [0.3, 0.4) is 0 Å². The Bertz CT molecular complexity index is 816. The molecule has 8 heteroatoms. The van der Waals surface area contributed by atoms with Gasteiger partial charge in [-0.2, -0.15) is 13.2 Å². The number of likely N-dealkylation sites (tertiary alicyclic amines) is 1. The van der Waals surface area contributed by atoms with Crippen LogP contribution >= 0.6 is 0 Å². The van der Waals surface area contributed by atoms with E-state index < -0.39 is 29.6 Å². The van der Waals surface area contributed by atoms with Crippen molar-refractivity contribution in [3.63, 3.8) is 0 Å². The molecule has 5 nitrogen and oxygen atoms in total. The van der Waals surface area contributed by atoms with Crippen LogP contribution in [0.15, 0.2) is 41.0 Å². The highest BCUT2D eigenvalue weighted by Gasteiger charge is 2.36. The second kappa shape index (κ2) is 6.86. The Morgan fingerprint density at radius 2 is 2.04 bits per heavy atom. The van der Waals surface area contributed by atoms with Crippen molar-refractivity contribution in [3.8, 4) is 0 Å². The number of carbonyl (C=O) groups excluding carboxylic acids is 2. The number of carbonyl (C=O) groups is 2. The minimum atomic E-state index is -4.50. The summed E-state index contributed by atoms with van der Waals surface area (Å²) in [5, 5.41) is 2.49. The van der Waals surface area contributed by atoms with Gasteiger partial charge in [0.05, 0.1) is 11.8 Å². The van der Waals surface area contributed by atoms with Crippen LogP contribution in [0.5, 0.6) is 0 Å². The Labute approximate surface area is 147 Å². The largest absolute Gasteiger partial charge is 0.459 e. The SMILES string of the molecule is Cc1ccc(NC(=O)[C@H]2CCCN2C(=O)c2ccco2)cc1C(F)(F)F. The molecule has 1 atom stereocenters. The average Bonchev–Trinajstić information content (AvgIpc) is 3.26. The first-order valence-corrected chi connectivity index (χ1v) is 8.10. The van der Waals surface area contributed by atoms with Gasteiger partial charge in [0.15, 0.2) is 5.76 Å². The number of anilines is 1. The molecule has 1 aromatic carbocycles. The fourth-order valence-corrected chi connectivity index (χ4v) is 3.05. The zero-order valence-corrected chi connectivity index (χ0v) is 14.0. The predicted molar refractivity (Wildman–Crippen MR) is 87.6 cm³/mol. The number of amides is 2. The summed E-state index contributed by atoms with van der Waals surface area (Å²) in [5.74, 6) is -0.800. The van der Waals surface area contributed by atoms with E-state index >= 15 is 0 Å². The molecule has 3 rings (SSSR count). The van der Waals surface area contributed by atoms with Crippen molar-refractivity contribution in [2.24, 2.45) is 0 Å². The van der Waals surface area contributed by atoms with Crippen LogP contribution in [0.2, 0.25) is 0 Å². The number of aryl methyl sites for hydroxylation is 1. The summed E-state index contributed by atoms with van der Waals surface area (Å²) in [5.41, 5.74) is -0.679. The number of benzene rings is 1. The minimum Gasteiger partial charge on any atom is -0.459 e. The molecule has 0 radical (unpaired) electrons. The smallest absolute Gasteiger partial charge is 0.416 e. The second-order valence-corrected chi connectivity index (χ2v) is 6.15. The van der Waals surface area contributed by atoms with Gasteiger partial charge in [0.25, 0.3) is 5.91 Å². The molecule has 1 aromatic heterocycles. The zero-order valence-electron chi connectivity index (χ0n) is 14.0. The van der Waals surface area contributed by atoms with Crippen LogP contribution < -0.4 is 5.32 Å². The van der Waals surface area contributed by atoms with Crippen molar-refractivity contribution >= 4 is 17.5 Å². The molecule has 0 unspecified atom stereocenters. The van der Waals surface area contributed by atoms with E-state index in [0.29, 0.717) is 19.4 Å². The summed E-state index contributed by atoms with van der Waals surface area (Å²) in [4.78, 5) is 26.3. The summed E-state index contributed by atoms with van der Waals surface area (Å²) < 4.78 is 44.1. The van der Waals surface area contributed by atoms with Gasteiger partial charge in [0.2, 0.25) is 5.91 Å². The van der Waals surface area contributed by atoms with Crippen LogP contribution in [0.1, 0.15) is 34.5 Å². The van der Waals surface area contributed by atoms with Crippen molar-refractivity contribution in [2.75, 3.05) is 11.9 Å². The highest BCUT2D eigenvalue weighted by molar-refractivity contribution is 6.00. The van der Waals surface area contributed by atoms with E-state index in [1.807, 2.05) is 0 Å². The lowest BCUT2D eigenvalue weighted by Crippen LogP contribution is -2.43. The lowest BCUT2D eigenvalue weighted by Gasteiger charge is -2.23. The van der Waals surface area contributed by atoms with E-state index in [1.54, 1.807) is 6.07 Å². The molecule has 2 aromatic rings. The van der Waals surface area contributed by atoms with Gasteiger partial charge in [0, 0.05) is 12.2 Å². The lowest BCUT2D eigenvalue weighted by molar-refractivity contribution is -0.138. The van der Waals surface area contributed by atoms with Crippen LogP contribution in [0.25, 0.3) is 0 Å². The van der Waals surface area contributed by atoms with Crippen molar-refractivity contribution in [1.29, 1.82) is 0 Å². The van der Waals surface area contributed by atoms with Crippen LogP contribution in [-0.2, 0) is 11.0 Å². The Balaban J connectivity index is 1.76. The topological polar surface area (TPSA) is 62.6 Å². The summed E-state index contributed by atoms with van der Waals surface area (Å²) in [6.07, 6.45) is -2.06. The molecule has 26 heavy (non-hydrogen) atoms. The number of alkyl halides is 3. The number of rotatable bonds is 3. The first-order valence-electron chi connectivity index (χ1n) is 8.10. The number of hydrogen-bond donors (Lipinski definition) is 1. The van der Waals surface area contributed by atoms with Crippen molar-refractivity contribution in [3.05, 3.63) is 53.5 Å². The highest BCUT2D eigenvalue weighted by Crippen LogP contribution is 2.33. The third-order valence-electron chi connectivity index (χ3n) is 4.36. The molecule has 138 valence electrons. The Hall–Kier alpha value is -2.77. The first-order chi connectivity index (χ1) is 12.3. The molecule has 0 aliphatic carbocycles. The Morgan fingerprint density at radius 3 is 2.69 bits per heavy atom. The summed E-state index contributed by atoms with van der Waals surface area (Å²) in [7, 11) is 0. The van der Waals surface area contributed by atoms with Crippen LogP contribution in [0, 0.1) is 6.92 Å². The molecule has 1 N–H and O–H groups in total. The summed E-state index contributed by atoms with van der Waals surface area (Å²) in [6.45, 7) is 1.74. The molecule has 1 fully saturated rings. The molecule has 1 aliphatic rings. The molecule has 1 saturated heterocycles. The third-order valence-corrected chi connectivity index (χ3v) is 4.36. The minimum absolute atomic E-state index is 0.0465. The maximum Gasteiger partial charge on any atom is 0.416 e. The molecule has 1 aliphatic heterocycles. The van der Waals surface area contributed by atoms with E-state index in [4.69, 9.17) is 4.42 Å². The number of nitrogens with zero attached hydrogens (tertiary/aromatic N) is 1.